The summed E-state index contributed by atoms with van der Waals surface area (Å²) in [6.45, 7) is 18.6. The van der Waals surface area contributed by atoms with E-state index < -0.39 is 34.1 Å². The fourth-order valence-corrected chi connectivity index (χ4v) is 21.8. The Kier molecular flexibility index (Phi) is 34.0. The molecule has 22 aliphatic rings. The standard InChI is InChI=1S/C19H19NO5S2.C19H27NO5.C17H23NO5.C15H23NO5.C15H19NO2.C12H21NO2/c21-16-13-5-7-20(8-6-13)19(16,11-24-17(22)14-3-1-9-26-14)12-25-18(23)15-4-2-10-27-15;21-16-13-7-9-20(10-8-13)19(16,11-24-17(22)14-3-1-4-14)12-25-18(23)15-5-2-6-15;19-14-11-5-7-18(8-6-11)17(14,9-22-15(20)12-1-2-12)10-23-16(21)13-3-4-13;1-3-12(17)20-9-15(10-21-13(18)4-2)14(19)11-5-7-16(15)8-6-11;17-15-13-6-8-16(9-7-13)14(15)11-18-10-12-4-2-1-3-5-12;1-2-3-8-15-9-11-12(14)10-4-6-13(11)7-5-10/h1-4,9-10,13H,5-8,11-12H2;13-15H,1-12H2;11-13H,1-10H2;11H,3-10H2,1-2H3;1-5,13-14H,6-11H2;10-11H,2-9H2,1H3. The van der Waals surface area contributed by atoms with Crippen molar-refractivity contribution in [2.45, 2.75) is 229 Å². The number of benzene rings is 1. The molecule has 0 amide bonds. The summed E-state index contributed by atoms with van der Waals surface area (Å²) >= 11 is 2.58. The number of thiophene rings is 2. The van der Waals surface area contributed by atoms with Crippen LogP contribution in [0.1, 0.15) is 213 Å². The number of ether oxygens (including phenoxy) is 10. The van der Waals surface area contributed by atoms with E-state index in [-0.39, 0.29) is 184 Å². The van der Waals surface area contributed by atoms with Gasteiger partial charge in [-0.1, -0.05) is 82.5 Å². The fourth-order valence-electron chi connectivity index (χ4n) is 20.5. The monoisotopic (exact) mass is 1830 g/mol. The molecule has 0 spiro atoms. The summed E-state index contributed by atoms with van der Waals surface area (Å²) in [6, 6.07) is 17.1. The molecule has 2 unspecified atom stereocenters. The van der Waals surface area contributed by atoms with E-state index in [4.69, 9.17) is 47.4 Å². The van der Waals surface area contributed by atoms with Gasteiger partial charge >= 0.3 is 47.8 Å². The molecule has 20 heterocycles. The second-order valence-electron chi connectivity index (χ2n) is 37.9. The third kappa shape index (κ3) is 23.3. The summed E-state index contributed by atoms with van der Waals surface area (Å²) < 4.78 is 54.7. The predicted molar refractivity (Wildman–Crippen MR) is 472 cm³/mol. The van der Waals surface area contributed by atoms with Gasteiger partial charge < -0.3 is 47.4 Å². The van der Waals surface area contributed by atoms with Crippen LogP contribution in [0.2, 0.25) is 0 Å². The van der Waals surface area contributed by atoms with Gasteiger partial charge in [-0.2, -0.15) is 0 Å². The van der Waals surface area contributed by atoms with Crippen LogP contribution in [0.4, 0.5) is 0 Å². The van der Waals surface area contributed by atoms with Crippen molar-refractivity contribution >= 4 is 105 Å². The first kappa shape index (κ1) is 97.1. The maximum atomic E-state index is 13.1. The van der Waals surface area contributed by atoms with Gasteiger partial charge in [0.15, 0.2) is 34.7 Å². The summed E-state index contributed by atoms with van der Waals surface area (Å²) in [6.07, 6.45) is 22.9. The van der Waals surface area contributed by atoms with Gasteiger partial charge in [-0.05, 0) is 189 Å². The zero-order valence-electron chi connectivity index (χ0n) is 75.4. The fraction of sp³-hybridized carbons (Fsp3) is 0.711. The quantitative estimate of drug-likeness (QED) is 0.0311. The average Bonchev–Trinajstić information content (AvgIpc) is 1.51. The largest absolute Gasteiger partial charge is 0.463 e. The van der Waals surface area contributed by atoms with Crippen molar-refractivity contribution in [3.05, 3.63) is 80.7 Å². The number of unbranched alkanes of at least 4 members (excludes halogenated alkanes) is 1. The van der Waals surface area contributed by atoms with E-state index in [1.165, 1.54) is 28.2 Å². The molecular formula is C97H132N6O24S2. The van der Waals surface area contributed by atoms with Crippen molar-refractivity contribution in [2.24, 2.45) is 59.2 Å². The lowest BCUT2D eigenvalue weighted by Gasteiger charge is -2.51. The molecule has 30 nitrogen and oxygen atoms in total. The second kappa shape index (κ2) is 45.2. The average molecular weight is 1830 g/mol. The number of fused-ring (bicyclic) bond motifs is 18. The SMILES string of the molecule is CCC(=O)OCC1(COC(=O)CC)C(=O)C2CCN1CC2.CCCCOCC1C(=O)C2CCN1CC2.O=C(OCC1(COC(=O)C2CC2)C(=O)C2CCN1CC2)C1CC1.O=C(OCC1(COC(=O)C2CCC2)C(=O)C2CCN1CC2)C1CCC1.O=C(OCC1(COC(=O)c2cccs2)C(=O)C2CCN1CC2)c1cccs1.O=C1C2CCN(CC2)C1COCc1ccccc1. The summed E-state index contributed by atoms with van der Waals surface area (Å²) in [5.41, 5.74) is -2.80. The number of nitrogens with zero attached hydrogens (tertiary/aromatic N) is 6. The molecule has 4 aliphatic carbocycles. The third-order valence-electron chi connectivity index (χ3n) is 29.8. The van der Waals surface area contributed by atoms with Crippen LogP contribution in [-0.2, 0) is 112 Å². The molecule has 0 N–H and O–H groups in total. The van der Waals surface area contributed by atoms with E-state index in [0.717, 1.165) is 239 Å². The molecule has 25 rings (SSSR count). The van der Waals surface area contributed by atoms with Gasteiger partial charge in [0, 0.05) is 107 Å². The number of carbonyl (C=O) groups excluding carboxylic acids is 14. The molecule has 2 atom stereocenters. The molecular weight excluding hydrogens is 1700 g/mol. The highest BCUT2D eigenvalue weighted by Crippen LogP contribution is 2.44. The molecule has 22 fully saturated rings. The van der Waals surface area contributed by atoms with E-state index in [2.05, 4.69) is 38.7 Å². The third-order valence-corrected chi connectivity index (χ3v) is 31.5. The van der Waals surface area contributed by atoms with Crippen molar-refractivity contribution in [2.75, 3.05) is 151 Å². The normalized spacial score (nSPS) is 29.2. The molecule has 129 heavy (non-hydrogen) atoms. The first-order valence-corrected chi connectivity index (χ1v) is 49.6. The Balaban J connectivity index is 0.000000126. The van der Waals surface area contributed by atoms with Crippen LogP contribution in [0.25, 0.3) is 0 Å². The number of hydrogen-bond donors (Lipinski definition) is 0. The predicted octanol–water partition coefficient (Wildman–Crippen LogP) is 9.75. The van der Waals surface area contributed by atoms with Crippen molar-refractivity contribution < 1.29 is 114 Å². The van der Waals surface area contributed by atoms with Crippen LogP contribution in [-0.4, -0.2) is 297 Å². The molecule has 12 bridgehead atoms. The Hall–Kier alpha value is -7.92. The first-order chi connectivity index (χ1) is 62.5. The van der Waals surface area contributed by atoms with Crippen LogP contribution in [0, 0.1) is 59.2 Å². The van der Waals surface area contributed by atoms with E-state index >= 15 is 0 Å². The van der Waals surface area contributed by atoms with Crippen LogP contribution in [0.15, 0.2) is 65.4 Å². The second-order valence-corrected chi connectivity index (χ2v) is 39.8. The lowest BCUT2D eigenvalue weighted by Crippen LogP contribution is -2.69. The van der Waals surface area contributed by atoms with Gasteiger partial charge in [-0.25, -0.2) is 9.59 Å². The van der Waals surface area contributed by atoms with Crippen LogP contribution in [0.3, 0.4) is 0 Å². The number of rotatable bonds is 33. The molecule has 4 saturated carbocycles. The zero-order chi connectivity index (χ0) is 90.8. The number of piperidine rings is 18. The highest BCUT2D eigenvalue weighted by atomic mass is 32.1. The minimum Gasteiger partial charge on any atom is -0.463 e. The minimum atomic E-state index is -1.08. The Bertz CT molecular complexity index is 4220. The first-order valence-electron chi connectivity index (χ1n) is 47.8. The number of ketones is 6. The summed E-state index contributed by atoms with van der Waals surface area (Å²) in [4.78, 5) is 185. The highest BCUT2D eigenvalue weighted by Gasteiger charge is 2.60. The van der Waals surface area contributed by atoms with E-state index in [9.17, 15) is 67.1 Å². The van der Waals surface area contributed by atoms with Crippen molar-refractivity contribution in [3.8, 4) is 0 Å². The molecule has 18 aliphatic heterocycles. The molecule has 706 valence electrons. The topological polar surface area (TPSA) is 351 Å². The maximum absolute atomic E-state index is 13.1. The van der Waals surface area contributed by atoms with Gasteiger partial charge in [-0.3, -0.25) is 86.9 Å². The van der Waals surface area contributed by atoms with Gasteiger partial charge in [0.1, 0.15) is 84.8 Å². The van der Waals surface area contributed by atoms with E-state index in [1.54, 1.807) is 48.9 Å². The molecule has 2 aromatic heterocycles. The van der Waals surface area contributed by atoms with Gasteiger partial charge in [0.05, 0.1) is 55.6 Å². The van der Waals surface area contributed by atoms with Crippen LogP contribution in [0.5, 0.6) is 0 Å². The Morgan fingerprint density at radius 3 is 0.915 bits per heavy atom. The molecule has 18 saturated heterocycles. The van der Waals surface area contributed by atoms with Crippen molar-refractivity contribution in [1.29, 1.82) is 0 Å². The van der Waals surface area contributed by atoms with Crippen LogP contribution >= 0.6 is 22.7 Å². The lowest BCUT2D eigenvalue weighted by molar-refractivity contribution is -0.178. The summed E-state index contributed by atoms with van der Waals surface area (Å²) in [7, 11) is 0. The smallest absolute Gasteiger partial charge is 0.348 e. The summed E-state index contributed by atoms with van der Waals surface area (Å²) in [5.74, 6) is -0.757. The van der Waals surface area contributed by atoms with Crippen molar-refractivity contribution in [3.63, 3.8) is 0 Å². The highest BCUT2D eigenvalue weighted by molar-refractivity contribution is 7.12. The van der Waals surface area contributed by atoms with Gasteiger partial charge in [0.25, 0.3) is 0 Å². The van der Waals surface area contributed by atoms with E-state index in [0.29, 0.717) is 53.0 Å². The zero-order valence-corrected chi connectivity index (χ0v) is 77.1. The molecule has 3 aromatic rings. The number of esters is 8. The van der Waals surface area contributed by atoms with Gasteiger partial charge in [-0.15, -0.1) is 22.7 Å². The molecule has 0 radical (unpaired) electrons. The maximum Gasteiger partial charge on any atom is 0.348 e. The van der Waals surface area contributed by atoms with E-state index in [1.807, 2.05) is 28.0 Å². The van der Waals surface area contributed by atoms with Crippen LogP contribution < -0.4 is 0 Å². The Morgan fingerprint density at radius 2 is 0.643 bits per heavy atom. The lowest BCUT2D eigenvalue weighted by atomic mass is 9.73. The number of hydrogen-bond acceptors (Lipinski definition) is 32. The Labute approximate surface area is 764 Å². The number of carbonyl (C=O) groups is 14. The molecule has 32 heteroatoms. The van der Waals surface area contributed by atoms with Crippen molar-refractivity contribution in [1.82, 2.24) is 29.4 Å². The number of Topliss-reactive ketones (excluding diaryl/α,β-unsaturated/α-hetero) is 6. The minimum absolute atomic E-state index is 0.00402. The summed E-state index contributed by atoms with van der Waals surface area (Å²) in [5, 5.41) is 3.60. The van der Waals surface area contributed by atoms with Gasteiger partial charge in [0.2, 0.25) is 0 Å². The Morgan fingerprint density at radius 1 is 0.341 bits per heavy atom. The molecule has 1 aromatic carbocycles.